The fourth-order valence-corrected chi connectivity index (χ4v) is 2.18. The molecule has 1 rings (SSSR count). The fourth-order valence-electron chi connectivity index (χ4n) is 1.44. The van der Waals surface area contributed by atoms with Gasteiger partial charge in [0.25, 0.3) is 0 Å². The summed E-state index contributed by atoms with van der Waals surface area (Å²) >= 11 is 5.75. The Kier molecular flexibility index (Phi) is 6.70. The van der Waals surface area contributed by atoms with Crippen molar-refractivity contribution in [1.82, 2.24) is 5.32 Å². The molecule has 0 radical (unpaired) electrons. The van der Waals surface area contributed by atoms with Crippen molar-refractivity contribution in [2.45, 2.75) is 12.8 Å². The van der Waals surface area contributed by atoms with E-state index in [9.17, 15) is 13.2 Å². The first-order valence-corrected chi connectivity index (χ1v) is 8.18. The van der Waals surface area contributed by atoms with E-state index in [1.54, 1.807) is 30.3 Å². The summed E-state index contributed by atoms with van der Waals surface area (Å²) in [5.41, 5.74) is 0.874. The van der Waals surface area contributed by atoms with Crippen LogP contribution in [0, 0.1) is 0 Å². The lowest BCUT2D eigenvalue weighted by atomic mass is 10.2. The summed E-state index contributed by atoms with van der Waals surface area (Å²) in [5, 5.41) is 8.17. The van der Waals surface area contributed by atoms with E-state index in [4.69, 9.17) is 16.7 Å². The highest BCUT2D eigenvalue weighted by molar-refractivity contribution is 7.89. The molecule has 110 valence electrons. The molecule has 0 fully saturated rings. The van der Waals surface area contributed by atoms with E-state index >= 15 is 0 Å². The van der Waals surface area contributed by atoms with Gasteiger partial charge in [0.15, 0.2) is 0 Å². The maximum absolute atomic E-state index is 11.5. The van der Waals surface area contributed by atoms with Crippen molar-refractivity contribution in [2.24, 2.45) is 5.14 Å². The number of rotatable bonds is 7. The van der Waals surface area contributed by atoms with Crippen molar-refractivity contribution < 1.29 is 13.2 Å². The van der Waals surface area contributed by atoms with E-state index in [-0.39, 0.29) is 11.7 Å². The normalized spacial score (nSPS) is 11.7. The van der Waals surface area contributed by atoms with Crippen LogP contribution in [-0.2, 0) is 14.8 Å². The Bertz CT molecular complexity index is 568. The molecule has 3 N–H and O–H groups in total. The van der Waals surface area contributed by atoms with Crippen LogP contribution in [0.3, 0.4) is 0 Å². The predicted molar refractivity (Wildman–Crippen MR) is 80.7 cm³/mol. The average Bonchev–Trinajstić information content (AvgIpc) is 2.36. The zero-order valence-corrected chi connectivity index (χ0v) is 12.5. The number of hydrogen-bond donors (Lipinski definition) is 2. The minimum absolute atomic E-state index is 0.0660. The number of hydrogen-bond acceptors (Lipinski definition) is 3. The van der Waals surface area contributed by atoms with Crippen LogP contribution in [0.15, 0.2) is 30.3 Å². The largest absolute Gasteiger partial charge is 0.353 e. The predicted octanol–water partition coefficient (Wildman–Crippen LogP) is 1.54. The summed E-state index contributed by atoms with van der Waals surface area (Å²) in [6, 6.07) is 7.09. The average molecular weight is 317 g/mol. The Hall–Kier alpha value is -1.37. The number of unbranched alkanes of at least 4 members (excludes halogenated alkanes) is 1. The lowest BCUT2D eigenvalue weighted by Crippen LogP contribution is -2.23. The molecule has 0 spiro atoms. The van der Waals surface area contributed by atoms with Crippen molar-refractivity contribution in [2.75, 3.05) is 12.3 Å². The first-order valence-electron chi connectivity index (χ1n) is 6.09. The van der Waals surface area contributed by atoms with E-state index in [2.05, 4.69) is 5.32 Å². The minimum atomic E-state index is -3.41. The summed E-state index contributed by atoms with van der Waals surface area (Å²) in [6.45, 7) is 0.416. The highest BCUT2D eigenvalue weighted by atomic mass is 35.5. The molecule has 20 heavy (non-hydrogen) atoms. The van der Waals surface area contributed by atoms with E-state index in [1.165, 1.54) is 6.08 Å². The van der Waals surface area contributed by atoms with Crippen molar-refractivity contribution >= 4 is 33.6 Å². The van der Waals surface area contributed by atoms with Crippen molar-refractivity contribution in [3.63, 3.8) is 0 Å². The molecular weight excluding hydrogens is 300 g/mol. The van der Waals surface area contributed by atoms with Gasteiger partial charge in [-0.1, -0.05) is 23.7 Å². The van der Waals surface area contributed by atoms with Gasteiger partial charge in [-0.05, 0) is 36.6 Å². The summed E-state index contributed by atoms with van der Waals surface area (Å²) in [5.74, 6) is -0.292. The topological polar surface area (TPSA) is 89.3 Å². The van der Waals surface area contributed by atoms with Gasteiger partial charge in [-0.2, -0.15) is 0 Å². The molecule has 7 heteroatoms. The Morgan fingerprint density at radius 2 is 1.90 bits per heavy atom. The molecule has 1 amide bonds. The molecular formula is C13H17ClN2O3S. The summed E-state index contributed by atoms with van der Waals surface area (Å²) in [7, 11) is -3.41. The number of amides is 1. The molecule has 5 nitrogen and oxygen atoms in total. The molecule has 0 bridgehead atoms. The number of sulfonamides is 1. The van der Waals surface area contributed by atoms with Gasteiger partial charge in [-0.3, -0.25) is 4.79 Å². The van der Waals surface area contributed by atoms with Gasteiger partial charge in [0.2, 0.25) is 15.9 Å². The Balaban J connectivity index is 2.25. The molecule has 0 aliphatic rings. The summed E-state index contributed by atoms with van der Waals surface area (Å²) in [6.07, 6.45) is 4.09. The van der Waals surface area contributed by atoms with Crippen LogP contribution >= 0.6 is 11.6 Å². The highest BCUT2D eigenvalue weighted by Gasteiger charge is 2.01. The molecule has 1 aromatic rings. The number of benzene rings is 1. The van der Waals surface area contributed by atoms with Crippen molar-refractivity contribution in [3.8, 4) is 0 Å². The smallest absolute Gasteiger partial charge is 0.243 e. The van der Waals surface area contributed by atoms with Crippen LogP contribution in [0.5, 0.6) is 0 Å². The second-order valence-corrected chi connectivity index (χ2v) is 6.42. The number of carbonyl (C=O) groups is 1. The first kappa shape index (κ1) is 16.7. The lowest BCUT2D eigenvalue weighted by Gasteiger charge is -2.01. The zero-order chi connectivity index (χ0) is 15.0. The van der Waals surface area contributed by atoms with Crippen LogP contribution in [0.4, 0.5) is 0 Å². The maximum Gasteiger partial charge on any atom is 0.243 e. The highest BCUT2D eigenvalue weighted by Crippen LogP contribution is 2.10. The van der Waals surface area contributed by atoms with E-state index in [1.807, 2.05) is 0 Å². The molecule has 0 unspecified atom stereocenters. The van der Waals surface area contributed by atoms with Crippen LogP contribution in [0.25, 0.3) is 6.08 Å². The zero-order valence-electron chi connectivity index (χ0n) is 10.9. The third-order valence-corrected chi connectivity index (χ3v) is 3.56. The Morgan fingerprint density at radius 1 is 1.25 bits per heavy atom. The number of primary sulfonamides is 1. The Morgan fingerprint density at radius 3 is 2.50 bits per heavy atom. The third-order valence-electron chi connectivity index (χ3n) is 2.45. The second-order valence-electron chi connectivity index (χ2n) is 4.25. The van der Waals surface area contributed by atoms with Crippen LogP contribution in [-0.4, -0.2) is 26.6 Å². The minimum Gasteiger partial charge on any atom is -0.353 e. The van der Waals surface area contributed by atoms with Gasteiger partial charge < -0.3 is 5.32 Å². The van der Waals surface area contributed by atoms with Gasteiger partial charge in [0.1, 0.15) is 0 Å². The van der Waals surface area contributed by atoms with Gasteiger partial charge in [0, 0.05) is 17.6 Å². The van der Waals surface area contributed by atoms with E-state index < -0.39 is 10.0 Å². The summed E-state index contributed by atoms with van der Waals surface area (Å²) < 4.78 is 21.4. The molecule has 0 atom stereocenters. The second kappa shape index (κ2) is 8.04. The number of nitrogens with two attached hydrogens (primary N) is 1. The molecule has 0 aliphatic carbocycles. The van der Waals surface area contributed by atoms with E-state index in [0.29, 0.717) is 24.4 Å². The lowest BCUT2D eigenvalue weighted by molar-refractivity contribution is -0.116. The number of nitrogens with one attached hydrogen (secondary N) is 1. The third kappa shape index (κ3) is 7.93. The Labute approximate surface area is 123 Å². The number of carbonyl (C=O) groups excluding carboxylic acids is 1. The molecule has 0 aromatic heterocycles. The van der Waals surface area contributed by atoms with Crippen molar-refractivity contribution in [3.05, 3.63) is 40.9 Å². The van der Waals surface area contributed by atoms with Crippen molar-refractivity contribution in [1.29, 1.82) is 0 Å². The molecule has 0 saturated carbocycles. The first-order chi connectivity index (χ1) is 9.37. The quantitative estimate of drug-likeness (QED) is 0.590. The monoisotopic (exact) mass is 316 g/mol. The maximum atomic E-state index is 11.5. The van der Waals surface area contributed by atoms with Gasteiger partial charge in [-0.25, -0.2) is 13.6 Å². The standard InChI is InChI=1S/C13H17ClN2O3S/c14-12-6-3-11(4-7-12)5-8-13(17)16-9-1-2-10-20(15,18)19/h3-8H,1-2,9-10H2,(H,16,17)(H2,15,18,19)/b8-5+. The molecule has 0 aliphatic heterocycles. The summed E-state index contributed by atoms with van der Waals surface area (Å²) in [4.78, 5) is 11.5. The van der Waals surface area contributed by atoms with Gasteiger partial charge in [0.05, 0.1) is 5.75 Å². The SMILES string of the molecule is NS(=O)(=O)CCCCNC(=O)/C=C/c1ccc(Cl)cc1. The molecule has 1 aromatic carbocycles. The fraction of sp³-hybridized carbons (Fsp3) is 0.308. The van der Waals surface area contributed by atoms with Crippen LogP contribution in [0.1, 0.15) is 18.4 Å². The van der Waals surface area contributed by atoms with Gasteiger partial charge >= 0.3 is 0 Å². The number of halogens is 1. The van der Waals surface area contributed by atoms with Crippen LogP contribution < -0.4 is 10.5 Å². The molecule has 0 heterocycles. The van der Waals surface area contributed by atoms with Crippen LogP contribution in [0.2, 0.25) is 5.02 Å². The van der Waals surface area contributed by atoms with Gasteiger partial charge in [-0.15, -0.1) is 0 Å². The van der Waals surface area contributed by atoms with E-state index in [0.717, 1.165) is 5.56 Å². The molecule has 0 saturated heterocycles.